The number of benzene rings is 2. The van der Waals surface area contributed by atoms with E-state index in [1.54, 1.807) is 12.1 Å². The van der Waals surface area contributed by atoms with Crippen LogP contribution < -0.4 is 10.6 Å². The molecule has 0 aliphatic carbocycles. The number of piperazine rings is 1. The number of likely N-dealkylation sites (N-methyl/N-ethyl adjacent to an activating group) is 1. The molecule has 2 atom stereocenters. The van der Waals surface area contributed by atoms with Gasteiger partial charge in [-0.1, -0.05) is 30.3 Å². The Labute approximate surface area is 166 Å². The molecule has 0 aromatic heterocycles. The van der Waals surface area contributed by atoms with Crippen LogP contribution in [0.1, 0.15) is 18.5 Å². The topological polar surface area (TPSA) is 30.5 Å². The maximum atomic E-state index is 13.1. The summed E-state index contributed by atoms with van der Waals surface area (Å²) in [5.74, 6) is -0.257. The highest BCUT2D eigenvalue weighted by molar-refractivity contribution is 7.80. The minimum atomic E-state index is -0.257. The molecule has 2 aromatic rings. The van der Waals surface area contributed by atoms with Crippen molar-refractivity contribution in [3.05, 3.63) is 66.0 Å². The molecule has 27 heavy (non-hydrogen) atoms. The molecule has 0 saturated carbocycles. The van der Waals surface area contributed by atoms with E-state index in [-0.39, 0.29) is 17.9 Å². The lowest BCUT2D eigenvalue weighted by Crippen LogP contribution is -2.52. The van der Waals surface area contributed by atoms with E-state index < -0.39 is 0 Å². The van der Waals surface area contributed by atoms with Crippen molar-refractivity contribution in [1.82, 2.24) is 15.1 Å². The molecule has 0 amide bonds. The summed E-state index contributed by atoms with van der Waals surface area (Å²) < 4.78 is 13.1. The van der Waals surface area contributed by atoms with Gasteiger partial charge in [0.15, 0.2) is 5.11 Å². The second-order valence-corrected chi connectivity index (χ2v) is 7.50. The predicted octanol–water partition coefficient (Wildman–Crippen LogP) is 3.49. The summed E-state index contributed by atoms with van der Waals surface area (Å²) in [6.45, 7) is 6.34. The normalized spacial score (nSPS) is 17.9. The molecule has 144 valence electrons. The van der Waals surface area contributed by atoms with Gasteiger partial charge in [0.2, 0.25) is 0 Å². The second kappa shape index (κ2) is 9.26. The Bertz CT molecular complexity index is 730. The third-order valence-corrected chi connectivity index (χ3v) is 5.23. The van der Waals surface area contributed by atoms with Gasteiger partial charge in [0, 0.05) is 37.9 Å². The smallest absolute Gasteiger partial charge is 0.171 e. The Morgan fingerprint density at radius 2 is 1.63 bits per heavy atom. The number of thiocarbonyl (C=S) groups is 1. The fraction of sp³-hybridized carbons (Fsp3) is 0.381. The van der Waals surface area contributed by atoms with E-state index in [2.05, 4.69) is 58.7 Å². The molecule has 2 N–H and O–H groups in total. The van der Waals surface area contributed by atoms with E-state index in [0.29, 0.717) is 5.11 Å². The molecule has 0 spiro atoms. The quantitative estimate of drug-likeness (QED) is 0.768. The lowest BCUT2D eigenvalue weighted by atomic mass is 9.98. The summed E-state index contributed by atoms with van der Waals surface area (Å²) in [6, 6.07) is 17.1. The molecule has 0 unspecified atom stereocenters. The summed E-state index contributed by atoms with van der Waals surface area (Å²) in [5, 5.41) is 7.11. The average molecular weight is 387 g/mol. The van der Waals surface area contributed by atoms with Crippen LogP contribution in [0, 0.1) is 5.82 Å². The van der Waals surface area contributed by atoms with Crippen molar-refractivity contribution in [2.24, 2.45) is 0 Å². The third kappa shape index (κ3) is 5.48. The molecule has 4 nitrogen and oxygen atoms in total. The molecular formula is C21H27FN4S. The first-order chi connectivity index (χ1) is 13.0. The van der Waals surface area contributed by atoms with Gasteiger partial charge in [-0.2, -0.15) is 0 Å². The van der Waals surface area contributed by atoms with Crippen LogP contribution in [0.5, 0.6) is 0 Å². The Kier molecular flexibility index (Phi) is 6.77. The van der Waals surface area contributed by atoms with Crippen molar-refractivity contribution in [2.75, 3.05) is 38.5 Å². The monoisotopic (exact) mass is 386 g/mol. The van der Waals surface area contributed by atoms with Crippen molar-refractivity contribution in [2.45, 2.75) is 19.0 Å². The summed E-state index contributed by atoms with van der Waals surface area (Å²) in [7, 11) is 2.16. The zero-order chi connectivity index (χ0) is 19.2. The maximum absolute atomic E-state index is 13.1. The second-order valence-electron chi connectivity index (χ2n) is 7.09. The van der Waals surface area contributed by atoms with Gasteiger partial charge < -0.3 is 15.5 Å². The number of nitrogens with one attached hydrogen (secondary N) is 2. The minimum Gasteiger partial charge on any atom is -0.358 e. The SMILES string of the molecule is C[C@H](NC(=S)Nc1ccc(F)cc1)[C@H](c1ccccc1)N1CCN(C)CC1. The summed E-state index contributed by atoms with van der Waals surface area (Å²) >= 11 is 5.49. The first-order valence-electron chi connectivity index (χ1n) is 9.33. The molecule has 2 aromatic carbocycles. The van der Waals surface area contributed by atoms with Crippen LogP contribution in [0.2, 0.25) is 0 Å². The van der Waals surface area contributed by atoms with E-state index in [1.165, 1.54) is 17.7 Å². The Balaban J connectivity index is 1.69. The van der Waals surface area contributed by atoms with Crippen LogP contribution in [0.25, 0.3) is 0 Å². The van der Waals surface area contributed by atoms with Crippen LogP contribution in [0.3, 0.4) is 0 Å². The molecular weight excluding hydrogens is 359 g/mol. The number of hydrogen-bond acceptors (Lipinski definition) is 3. The first-order valence-corrected chi connectivity index (χ1v) is 9.74. The van der Waals surface area contributed by atoms with Crippen LogP contribution >= 0.6 is 12.2 Å². The predicted molar refractivity (Wildman–Crippen MR) is 113 cm³/mol. The summed E-state index contributed by atoms with van der Waals surface area (Å²) in [4.78, 5) is 4.88. The molecule has 1 saturated heterocycles. The van der Waals surface area contributed by atoms with Gasteiger partial charge in [0.25, 0.3) is 0 Å². The van der Waals surface area contributed by atoms with Gasteiger partial charge in [-0.05, 0) is 56.0 Å². The number of halogens is 1. The van der Waals surface area contributed by atoms with Gasteiger partial charge in [0.05, 0.1) is 6.04 Å². The van der Waals surface area contributed by atoms with Crippen LogP contribution in [-0.4, -0.2) is 54.2 Å². The fourth-order valence-corrected chi connectivity index (χ4v) is 3.86. The van der Waals surface area contributed by atoms with Gasteiger partial charge in [-0.3, -0.25) is 4.90 Å². The molecule has 1 aliphatic rings. The van der Waals surface area contributed by atoms with Crippen molar-refractivity contribution in [3.8, 4) is 0 Å². The zero-order valence-electron chi connectivity index (χ0n) is 15.9. The molecule has 1 fully saturated rings. The molecule has 1 heterocycles. The van der Waals surface area contributed by atoms with Crippen LogP contribution in [-0.2, 0) is 0 Å². The van der Waals surface area contributed by atoms with E-state index in [0.717, 1.165) is 31.9 Å². The molecule has 6 heteroatoms. The standard InChI is InChI=1S/C21H27FN4S/c1-16(23-21(27)24-19-10-8-18(22)9-11-19)20(17-6-4-3-5-7-17)26-14-12-25(2)13-15-26/h3-11,16,20H,12-15H2,1-2H3,(H2,23,24,27)/t16-,20+/m0/s1. The first kappa shape index (κ1) is 19.7. The molecule has 3 rings (SSSR count). The van der Waals surface area contributed by atoms with Gasteiger partial charge in [-0.25, -0.2) is 4.39 Å². The van der Waals surface area contributed by atoms with Crippen molar-refractivity contribution >= 4 is 23.0 Å². The van der Waals surface area contributed by atoms with Gasteiger partial charge in [-0.15, -0.1) is 0 Å². The number of anilines is 1. The van der Waals surface area contributed by atoms with Crippen LogP contribution in [0.4, 0.5) is 10.1 Å². The number of rotatable bonds is 5. The summed E-state index contributed by atoms with van der Waals surface area (Å²) in [6.07, 6.45) is 0. The highest BCUT2D eigenvalue weighted by Crippen LogP contribution is 2.25. The van der Waals surface area contributed by atoms with Crippen LogP contribution in [0.15, 0.2) is 54.6 Å². The van der Waals surface area contributed by atoms with E-state index >= 15 is 0 Å². The molecule has 1 aliphatic heterocycles. The third-order valence-electron chi connectivity index (χ3n) is 5.01. The Morgan fingerprint density at radius 3 is 2.26 bits per heavy atom. The van der Waals surface area contributed by atoms with E-state index in [4.69, 9.17) is 12.2 Å². The lowest BCUT2D eigenvalue weighted by Gasteiger charge is -2.41. The molecule has 0 bridgehead atoms. The fourth-order valence-electron chi connectivity index (χ4n) is 3.55. The van der Waals surface area contributed by atoms with Gasteiger partial charge in [0.1, 0.15) is 5.82 Å². The summed E-state index contributed by atoms with van der Waals surface area (Å²) in [5.41, 5.74) is 2.06. The highest BCUT2D eigenvalue weighted by Gasteiger charge is 2.28. The Morgan fingerprint density at radius 1 is 1.00 bits per heavy atom. The average Bonchev–Trinajstić information content (AvgIpc) is 2.66. The molecule has 0 radical (unpaired) electrons. The van der Waals surface area contributed by atoms with Crippen molar-refractivity contribution in [3.63, 3.8) is 0 Å². The van der Waals surface area contributed by atoms with Gasteiger partial charge >= 0.3 is 0 Å². The highest BCUT2D eigenvalue weighted by atomic mass is 32.1. The largest absolute Gasteiger partial charge is 0.358 e. The lowest BCUT2D eigenvalue weighted by molar-refractivity contribution is 0.0973. The van der Waals surface area contributed by atoms with E-state index in [9.17, 15) is 4.39 Å². The number of hydrogen-bond donors (Lipinski definition) is 2. The minimum absolute atomic E-state index is 0.122. The van der Waals surface area contributed by atoms with Crippen molar-refractivity contribution in [1.29, 1.82) is 0 Å². The van der Waals surface area contributed by atoms with E-state index in [1.807, 2.05) is 6.07 Å². The Hall–Kier alpha value is -2.02. The zero-order valence-corrected chi connectivity index (χ0v) is 16.7. The van der Waals surface area contributed by atoms with Crippen molar-refractivity contribution < 1.29 is 4.39 Å². The number of nitrogens with zero attached hydrogens (tertiary/aromatic N) is 2. The maximum Gasteiger partial charge on any atom is 0.171 e.